The van der Waals surface area contributed by atoms with Crippen molar-refractivity contribution < 1.29 is 14.2 Å². The number of hydrogen-bond donors (Lipinski definition) is 3. The first-order valence-corrected chi connectivity index (χ1v) is 27.5. The number of hydrogen-bond acceptors (Lipinski definition) is 15. The maximum atomic E-state index is 6.09. The molecule has 6 heterocycles. The normalized spacial score (nSPS) is 23.8. The molecule has 0 aliphatic heterocycles. The number of aromatic nitrogens is 12. The Bertz CT molecular complexity index is 2800. The fraction of sp³-hybridized carbons (Fsp3) is 0.691. The summed E-state index contributed by atoms with van der Waals surface area (Å²) >= 11 is 0. The van der Waals surface area contributed by atoms with Crippen LogP contribution in [0, 0.1) is 28.6 Å². The van der Waals surface area contributed by atoms with Crippen molar-refractivity contribution in [2.45, 2.75) is 215 Å². The van der Waals surface area contributed by atoms with E-state index in [4.69, 9.17) is 31.4 Å². The van der Waals surface area contributed by atoms with E-state index in [1.54, 1.807) is 4.52 Å². The Balaban J connectivity index is 0.000000145. The highest BCUT2D eigenvalue weighted by atomic mass is 16.5. The third-order valence-electron chi connectivity index (χ3n) is 15.9. The standard InChI is InChI=1S/C19H29N5O.C18H27N5O.C17H25N5O.CH4/c1-4-6-13(3)25-17-22-15(20)16-21-9-14(24(16)23-17)8-19-10-18(11-19,12-19)7-5-2;1-3-5-11(2)24-18-21-16(19)17-20-10-14(23(17)22-18)8-12-6-4-7-13-9-15(12)13;1-3-7-12(2)23-17-20-15(18)16-19-11-14(22(16)21-17)10-13-8-5-4-6-9-13;/h9,13H,4-8,10-12H2,1-3H3,(H2,20,22,23);10-13,15H,3-9H2,1-2H3,(H2,19,21,22);8,11-12H,3-7,9-10H2,1-2H3,(H2,18,20,21);1H4/t13-,18?,19?;;12-;/m0.0./s1. The number of fused-ring (bicyclic) bond motifs is 4. The summed E-state index contributed by atoms with van der Waals surface area (Å²) in [5, 5.41) is 13.6. The topological polar surface area (TPSA) is 235 Å². The van der Waals surface area contributed by atoms with Gasteiger partial charge in [0.25, 0.3) is 0 Å². The smallest absolute Gasteiger partial charge is 0.336 e. The zero-order chi connectivity index (χ0) is 50.6. The van der Waals surface area contributed by atoms with Crippen molar-refractivity contribution in [3.05, 3.63) is 47.3 Å². The molecule has 6 aliphatic rings. The van der Waals surface area contributed by atoms with Gasteiger partial charge in [-0.1, -0.05) is 85.3 Å². The molecular formula is C55H85N15O3. The van der Waals surface area contributed by atoms with Crippen molar-refractivity contribution in [2.75, 3.05) is 17.2 Å². The molecule has 6 aliphatic carbocycles. The van der Waals surface area contributed by atoms with E-state index < -0.39 is 0 Å². The summed E-state index contributed by atoms with van der Waals surface area (Å²) in [5.41, 5.74) is 26.0. The van der Waals surface area contributed by atoms with Crippen molar-refractivity contribution in [2.24, 2.45) is 28.6 Å². The molecule has 0 spiro atoms. The quantitative estimate of drug-likeness (QED) is 0.0603. The van der Waals surface area contributed by atoms with E-state index in [0.29, 0.717) is 63.3 Å². The van der Waals surface area contributed by atoms with E-state index in [9.17, 15) is 0 Å². The van der Waals surface area contributed by atoms with Crippen LogP contribution in [0.2, 0.25) is 0 Å². The van der Waals surface area contributed by atoms with Crippen LogP contribution in [0.15, 0.2) is 30.2 Å². The minimum Gasteiger partial charge on any atom is -0.459 e. The number of imidazole rings is 3. The number of ether oxygens (including phenoxy) is 3. The van der Waals surface area contributed by atoms with Gasteiger partial charge in [-0.3, -0.25) is 0 Å². The molecule has 4 unspecified atom stereocenters. The summed E-state index contributed by atoms with van der Waals surface area (Å²) in [5.74, 6) is 3.81. The van der Waals surface area contributed by atoms with Crippen LogP contribution in [-0.2, 0) is 19.3 Å². The second kappa shape index (κ2) is 23.2. The Morgan fingerprint density at radius 2 is 1.11 bits per heavy atom. The summed E-state index contributed by atoms with van der Waals surface area (Å²) in [6.45, 7) is 14.8. The van der Waals surface area contributed by atoms with Gasteiger partial charge in [0.05, 0.1) is 54.0 Å². The average Bonchev–Trinajstić information content (AvgIpc) is 3.60. The van der Waals surface area contributed by atoms with Crippen LogP contribution in [0.4, 0.5) is 17.5 Å². The Labute approximate surface area is 432 Å². The largest absolute Gasteiger partial charge is 0.459 e. The van der Waals surface area contributed by atoms with Gasteiger partial charge in [-0.25, -0.2) is 28.5 Å². The van der Waals surface area contributed by atoms with E-state index in [1.165, 1.54) is 82.6 Å². The summed E-state index contributed by atoms with van der Waals surface area (Å²) < 4.78 is 23.0. The summed E-state index contributed by atoms with van der Waals surface area (Å²) in [6.07, 6.45) is 34.5. The molecule has 0 saturated heterocycles. The Kier molecular flexibility index (Phi) is 17.0. The van der Waals surface area contributed by atoms with E-state index in [0.717, 1.165) is 99.0 Å². The van der Waals surface area contributed by atoms with Crippen LogP contribution < -0.4 is 31.4 Å². The summed E-state index contributed by atoms with van der Waals surface area (Å²) in [6, 6.07) is 1.03. The second-order valence-corrected chi connectivity index (χ2v) is 22.2. The van der Waals surface area contributed by atoms with Gasteiger partial charge < -0.3 is 31.4 Å². The zero-order valence-electron chi connectivity index (χ0n) is 44.2. The lowest BCUT2D eigenvalue weighted by Crippen LogP contribution is -2.62. The molecule has 6 atom stereocenters. The molecule has 18 heteroatoms. The molecule has 6 N–H and O–H groups in total. The second-order valence-electron chi connectivity index (χ2n) is 22.2. The van der Waals surface area contributed by atoms with Crippen LogP contribution in [0.3, 0.4) is 0 Å². The van der Waals surface area contributed by atoms with Crippen LogP contribution in [-0.4, -0.2) is 77.1 Å². The number of nitrogen functional groups attached to an aromatic ring is 3. The van der Waals surface area contributed by atoms with Gasteiger partial charge in [-0.05, 0) is 146 Å². The lowest BCUT2D eigenvalue weighted by Gasteiger charge is -2.71. The highest BCUT2D eigenvalue weighted by molar-refractivity contribution is 5.61. The molecule has 73 heavy (non-hydrogen) atoms. The minimum atomic E-state index is 0. The van der Waals surface area contributed by atoms with Gasteiger partial charge in [0.1, 0.15) is 0 Å². The molecule has 0 amide bonds. The first kappa shape index (κ1) is 53.5. The van der Waals surface area contributed by atoms with Crippen LogP contribution in [0.25, 0.3) is 16.9 Å². The first-order chi connectivity index (χ1) is 34.8. The number of rotatable bonds is 20. The molecule has 5 fully saturated rings. The van der Waals surface area contributed by atoms with E-state index >= 15 is 0 Å². The van der Waals surface area contributed by atoms with Crippen molar-refractivity contribution in [3.8, 4) is 18.0 Å². The van der Waals surface area contributed by atoms with Gasteiger partial charge in [0, 0.05) is 6.42 Å². The Hall–Kier alpha value is -5.81. The third kappa shape index (κ3) is 12.3. The lowest BCUT2D eigenvalue weighted by molar-refractivity contribution is -0.207. The fourth-order valence-corrected chi connectivity index (χ4v) is 12.7. The molecular weight excluding hydrogens is 919 g/mol. The summed E-state index contributed by atoms with van der Waals surface area (Å²) in [7, 11) is 0. The molecule has 398 valence electrons. The van der Waals surface area contributed by atoms with Crippen molar-refractivity contribution >= 4 is 34.4 Å². The Morgan fingerprint density at radius 1 is 0.616 bits per heavy atom. The number of nitrogens with zero attached hydrogens (tertiary/aromatic N) is 12. The van der Waals surface area contributed by atoms with Gasteiger partial charge in [-0.15, -0.1) is 15.3 Å². The average molecular weight is 1000 g/mol. The fourth-order valence-electron chi connectivity index (χ4n) is 12.7. The molecule has 6 aromatic heterocycles. The van der Waals surface area contributed by atoms with Crippen LogP contribution in [0.1, 0.15) is 195 Å². The highest BCUT2D eigenvalue weighted by Gasteiger charge is 2.66. The molecule has 5 saturated carbocycles. The monoisotopic (exact) mass is 1000 g/mol. The van der Waals surface area contributed by atoms with Crippen molar-refractivity contribution in [1.29, 1.82) is 0 Å². The molecule has 12 rings (SSSR count). The highest BCUT2D eigenvalue weighted by Crippen LogP contribution is 2.76. The van der Waals surface area contributed by atoms with Crippen molar-refractivity contribution in [3.63, 3.8) is 0 Å². The predicted octanol–water partition coefficient (Wildman–Crippen LogP) is 11.0. The van der Waals surface area contributed by atoms with Gasteiger partial charge >= 0.3 is 18.0 Å². The minimum absolute atomic E-state index is 0. The Morgan fingerprint density at radius 3 is 1.60 bits per heavy atom. The van der Waals surface area contributed by atoms with Gasteiger partial charge in [0.2, 0.25) is 0 Å². The van der Waals surface area contributed by atoms with Crippen molar-refractivity contribution in [1.82, 2.24) is 58.7 Å². The van der Waals surface area contributed by atoms with E-state index in [2.05, 4.69) is 79.0 Å². The molecule has 2 bridgehead atoms. The number of anilines is 3. The molecule has 6 aromatic rings. The first-order valence-electron chi connectivity index (χ1n) is 27.5. The van der Waals surface area contributed by atoms with Gasteiger partial charge in [0.15, 0.2) is 34.4 Å². The maximum absolute atomic E-state index is 6.09. The maximum Gasteiger partial charge on any atom is 0.336 e. The number of nitrogens with two attached hydrogens (primary N) is 3. The van der Waals surface area contributed by atoms with E-state index in [1.807, 2.05) is 48.4 Å². The molecule has 0 aromatic carbocycles. The SMILES string of the molecule is C.CCCC(C)Oc1nc(N)c2ncc(CC3CCCC4CC34)n2n1.CCC[C@H](C)Oc1nc(N)c2ncc(CC34CC(CCC)(C3)C4)n2n1.CCC[C@H](C)Oc1nc(N)c2ncc(CC3=CCCCC3)n2n1. The molecule has 18 nitrogen and oxygen atoms in total. The lowest BCUT2D eigenvalue weighted by atomic mass is 9.33. The van der Waals surface area contributed by atoms with Gasteiger partial charge in [-0.2, -0.15) is 15.0 Å². The third-order valence-corrected chi connectivity index (χ3v) is 15.9. The van der Waals surface area contributed by atoms with Crippen LogP contribution in [0.5, 0.6) is 18.0 Å². The van der Waals surface area contributed by atoms with Crippen LogP contribution >= 0.6 is 0 Å². The predicted molar refractivity (Wildman–Crippen MR) is 288 cm³/mol. The molecule has 0 radical (unpaired) electrons. The summed E-state index contributed by atoms with van der Waals surface area (Å²) in [4.78, 5) is 26.0. The number of allylic oxidation sites excluding steroid dienone is 2. The zero-order valence-corrected chi connectivity index (χ0v) is 44.2. The van der Waals surface area contributed by atoms with E-state index in [-0.39, 0.29) is 25.7 Å².